The van der Waals surface area contributed by atoms with Crippen molar-refractivity contribution in [3.63, 3.8) is 0 Å². The zero-order valence-corrected chi connectivity index (χ0v) is 10.1. The molecule has 2 aromatic rings. The second-order valence-corrected chi connectivity index (χ2v) is 3.97. The number of nitrogens with two attached hydrogens (primary N) is 2. The molecule has 0 fully saturated rings. The average Bonchev–Trinajstić information content (AvgIpc) is 2.40. The Labute approximate surface area is 109 Å². The second kappa shape index (κ2) is 5.39. The predicted molar refractivity (Wildman–Crippen MR) is 70.1 cm³/mol. The SMILES string of the molecule is NC(=O)c1ccccc1OCc1cccc(N)c1F. The van der Waals surface area contributed by atoms with E-state index in [9.17, 15) is 9.18 Å². The Morgan fingerprint density at radius 1 is 1.16 bits per heavy atom. The van der Waals surface area contributed by atoms with Crippen LogP contribution in [0, 0.1) is 5.82 Å². The minimum absolute atomic E-state index is 0.0266. The fourth-order valence-corrected chi connectivity index (χ4v) is 1.66. The number of benzene rings is 2. The van der Waals surface area contributed by atoms with E-state index in [0.29, 0.717) is 11.3 Å². The topological polar surface area (TPSA) is 78.3 Å². The summed E-state index contributed by atoms with van der Waals surface area (Å²) in [5.41, 5.74) is 11.3. The summed E-state index contributed by atoms with van der Waals surface area (Å²) >= 11 is 0. The zero-order valence-electron chi connectivity index (χ0n) is 10.1. The molecule has 0 aliphatic carbocycles. The largest absolute Gasteiger partial charge is 0.488 e. The highest BCUT2D eigenvalue weighted by molar-refractivity contribution is 5.95. The number of carbonyl (C=O) groups is 1. The number of primary amides is 1. The van der Waals surface area contributed by atoms with Crippen LogP contribution in [0.2, 0.25) is 0 Å². The van der Waals surface area contributed by atoms with Crippen molar-refractivity contribution in [2.75, 3.05) is 5.73 Å². The fourth-order valence-electron chi connectivity index (χ4n) is 1.66. The van der Waals surface area contributed by atoms with Gasteiger partial charge >= 0.3 is 0 Å². The Hall–Kier alpha value is -2.56. The van der Waals surface area contributed by atoms with Gasteiger partial charge in [0.1, 0.15) is 12.4 Å². The summed E-state index contributed by atoms with van der Waals surface area (Å²) in [6, 6.07) is 11.2. The molecule has 0 radical (unpaired) electrons. The molecule has 19 heavy (non-hydrogen) atoms. The van der Waals surface area contributed by atoms with Gasteiger partial charge in [0.25, 0.3) is 5.91 Å². The molecule has 4 N–H and O–H groups in total. The van der Waals surface area contributed by atoms with E-state index in [1.807, 2.05) is 0 Å². The van der Waals surface area contributed by atoms with E-state index in [-0.39, 0.29) is 17.9 Å². The molecule has 98 valence electrons. The van der Waals surface area contributed by atoms with Crippen LogP contribution < -0.4 is 16.2 Å². The Morgan fingerprint density at radius 2 is 1.89 bits per heavy atom. The van der Waals surface area contributed by atoms with Crippen LogP contribution in [0.3, 0.4) is 0 Å². The van der Waals surface area contributed by atoms with E-state index in [0.717, 1.165) is 0 Å². The lowest BCUT2D eigenvalue weighted by Gasteiger charge is -2.10. The average molecular weight is 260 g/mol. The van der Waals surface area contributed by atoms with Gasteiger partial charge in [-0.15, -0.1) is 0 Å². The highest BCUT2D eigenvalue weighted by Gasteiger charge is 2.10. The van der Waals surface area contributed by atoms with E-state index in [1.165, 1.54) is 6.07 Å². The maximum atomic E-state index is 13.7. The lowest BCUT2D eigenvalue weighted by atomic mass is 10.2. The number of rotatable bonds is 4. The summed E-state index contributed by atoms with van der Waals surface area (Å²) in [6.45, 7) is -0.0266. The first-order valence-electron chi connectivity index (χ1n) is 5.64. The molecule has 0 aliphatic rings. The first-order valence-corrected chi connectivity index (χ1v) is 5.64. The smallest absolute Gasteiger partial charge is 0.252 e. The van der Waals surface area contributed by atoms with Crippen LogP contribution in [0.15, 0.2) is 42.5 Å². The number of carbonyl (C=O) groups excluding carboxylic acids is 1. The van der Waals surface area contributed by atoms with Crippen molar-refractivity contribution in [2.24, 2.45) is 5.73 Å². The Balaban J connectivity index is 2.19. The first-order chi connectivity index (χ1) is 9.09. The minimum Gasteiger partial charge on any atom is -0.488 e. The van der Waals surface area contributed by atoms with E-state index >= 15 is 0 Å². The summed E-state index contributed by atoms with van der Waals surface area (Å²) in [7, 11) is 0. The van der Waals surface area contributed by atoms with Crippen LogP contribution in [0.4, 0.5) is 10.1 Å². The molecular weight excluding hydrogens is 247 g/mol. The molecule has 0 heterocycles. The van der Waals surface area contributed by atoms with Gasteiger partial charge in [-0.3, -0.25) is 4.79 Å². The molecule has 0 spiro atoms. The molecule has 2 rings (SSSR count). The van der Waals surface area contributed by atoms with E-state index in [4.69, 9.17) is 16.2 Å². The number of nitrogen functional groups attached to an aromatic ring is 1. The van der Waals surface area contributed by atoms with Gasteiger partial charge in [-0.2, -0.15) is 0 Å². The molecule has 1 amide bonds. The van der Waals surface area contributed by atoms with Crippen LogP contribution in [0.25, 0.3) is 0 Å². The monoisotopic (exact) mass is 260 g/mol. The molecule has 5 heteroatoms. The number of anilines is 1. The van der Waals surface area contributed by atoms with Crippen molar-refractivity contribution in [3.05, 3.63) is 59.4 Å². The lowest BCUT2D eigenvalue weighted by Crippen LogP contribution is -2.13. The molecule has 0 saturated heterocycles. The maximum Gasteiger partial charge on any atom is 0.252 e. The van der Waals surface area contributed by atoms with Crippen molar-refractivity contribution in [3.8, 4) is 5.75 Å². The van der Waals surface area contributed by atoms with Gasteiger partial charge < -0.3 is 16.2 Å². The molecule has 0 bridgehead atoms. The summed E-state index contributed by atoms with van der Waals surface area (Å²) < 4.78 is 19.1. The van der Waals surface area contributed by atoms with Crippen molar-refractivity contribution in [1.82, 2.24) is 0 Å². The van der Waals surface area contributed by atoms with Crippen molar-refractivity contribution >= 4 is 11.6 Å². The molecule has 0 aliphatic heterocycles. The predicted octanol–water partition coefficient (Wildman–Crippen LogP) is 2.09. The number of ether oxygens (including phenoxy) is 1. The normalized spacial score (nSPS) is 10.2. The number of halogens is 1. The van der Waals surface area contributed by atoms with Crippen LogP contribution in [0.1, 0.15) is 15.9 Å². The number of para-hydroxylation sites is 1. The highest BCUT2D eigenvalue weighted by Crippen LogP contribution is 2.21. The van der Waals surface area contributed by atoms with Crippen molar-refractivity contribution in [2.45, 2.75) is 6.61 Å². The molecule has 4 nitrogen and oxygen atoms in total. The maximum absolute atomic E-state index is 13.7. The minimum atomic E-state index is -0.594. The molecule has 0 aromatic heterocycles. The van der Waals surface area contributed by atoms with Crippen molar-refractivity contribution < 1.29 is 13.9 Å². The third-order valence-electron chi connectivity index (χ3n) is 2.64. The van der Waals surface area contributed by atoms with Crippen LogP contribution in [-0.4, -0.2) is 5.91 Å². The first kappa shape index (κ1) is 12.9. The standard InChI is InChI=1S/C14H13FN2O2/c15-13-9(4-3-6-11(13)16)8-19-12-7-2-1-5-10(12)14(17)18/h1-7H,8,16H2,(H2,17,18). The van der Waals surface area contributed by atoms with Crippen LogP contribution in [0.5, 0.6) is 5.75 Å². The van der Waals surface area contributed by atoms with Crippen LogP contribution in [-0.2, 0) is 6.61 Å². The number of hydrogen-bond acceptors (Lipinski definition) is 3. The molecule has 0 saturated carbocycles. The van der Waals surface area contributed by atoms with Gasteiger partial charge in [-0.25, -0.2) is 4.39 Å². The van der Waals surface area contributed by atoms with E-state index in [2.05, 4.69) is 0 Å². The van der Waals surface area contributed by atoms with Gasteiger partial charge in [0.2, 0.25) is 0 Å². The summed E-state index contributed by atoms with van der Waals surface area (Å²) in [4.78, 5) is 11.2. The van der Waals surface area contributed by atoms with E-state index in [1.54, 1.807) is 36.4 Å². The van der Waals surface area contributed by atoms with Gasteiger partial charge in [-0.1, -0.05) is 24.3 Å². The third kappa shape index (κ3) is 2.82. The summed E-state index contributed by atoms with van der Waals surface area (Å²) in [6.07, 6.45) is 0. The van der Waals surface area contributed by atoms with Gasteiger partial charge in [0, 0.05) is 5.56 Å². The van der Waals surface area contributed by atoms with Gasteiger partial charge in [0.15, 0.2) is 5.82 Å². The summed E-state index contributed by atoms with van der Waals surface area (Å²) in [5, 5.41) is 0. The molecule has 0 atom stereocenters. The highest BCUT2D eigenvalue weighted by atomic mass is 19.1. The van der Waals surface area contributed by atoms with E-state index < -0.39 is 11.7 Å². The van der Waals surface area contributed by atoms with Gasteiger partial charge in [-0.05, 0) is 18.2 Å². The Kier molecular flexibility index (Phi) is 3.66. The molecule has 2 aromatic carbocycles. The Bertz CT molecular complexity index is 614. The van der Waals surface area contributed by atoms with Gasteiger partial charge in [0.05, 0.1) is 11.3 Å². The second-order valence-electron chi connectivity index (χ2n) is 3.97. The van der Waals surface area contributed by atoms with Crippen molar-refractivity contribution in [1.29, 1.82) is 0 Å². The number of amides is 1. The quantitative estimate of drug-likeness (QED) is 0.826. The zero-order chi connectivity index (χ0) is 13.8. The lowest BCUT2D eigenvalue weighted by molar-refractivity contribution is 0.0996. The van der Waals surface area contributed by atoms with Crippen LogP contribution >= 0.6 is 0 Å². The molecular formula is C14H13FN2O2. The fraction of sp³-hybridized carbons (Fsp3) is 0.0714. The molecule has 0 unspecified atom stereocenters. The Morgan fingerprint density at radius 3 is 2.63 bits per heavy atom. The summed E-state index contributed by atoms with van der Waals surface area (Å²) in [5.74, 6) is -0.792. The number of hydrogen-bond donors (Lipinski definition) is 2. The third-order valence-corrected chi connectivity index (χ3v) is 2.64.